The van der Waals surface area contributed by atoms with Crippen molar-refractivity contribution in [1.29, 1.82) is 0 Å². The highest BCUT2D eigenvalue weighted by atomic mass is 32.2. The van der Waals surface area contributed by atoms with Gasteiger partial charge in [0, 0.05) is 23.5 Å². The molecule has 6 nitrogen and oxygen atoms in total. The SMILES string of the molecule is Cc1cc(C)cc(NC(=O)CSc2nc(=O)n(CCCN(C)C)c3c2CCC3)c1. The second-order valence-electron chi connectivity index (χ2n) is 8.00. The molecule has 1 aromatic carbocycles. The molecule has 156 valence electrons. The minimum atomic E-state index is -0.193. The predicted molar refractivity (Wildman–Crippen MR) is 119 cm³/mol. The molecule has 1 aliphatic rings. The van der Waals surface area contributed by atoms with Gasteiger partial charge in [-0.15, -0.1) is 0 Å². The van der Waals surface area contributed by atoms with E-state index in [0.29, 0.717) is 6.54 Å². The van der Waals surface area contributed by atoms with Crippen molar-refractivity contribution >= 4 is 23.4 Å². The number of benzene rings is 1. The maximum Gasteiger partial charge on any atom is 0.348 e. The fourth-order valence-electron chi connectivity index (χ4n) is 3.86. The molecule has 0 unspecified atom stereocenters. The first-order valence-corrected chi connectivity index (χ1v) is 11.1. The van der Waals surface area contributed by atoms with Gasteiger partial charge in [0.05, 0.1) is 5.75 Å². The molecule has 0 aliphatic heterocycles. The molecule has 2 aromatic rings. The van der Waals surface area contributed by atoms with Gasteiger partial charge in [0.2, 0.25) is 5.91 Å². The van der Waals surface area contributed by atoms with Crippen LogP contribution in [0.25, 0.3) is 0 Å². The Balaban J connectivity index is 1.68. The lowest BCUT2D eigenvalue weighted by Gasteiger charge is -2.15. The molecule has 3 rings (SSSR count). The van der Waals surface area contributed by atoms with E-state index in [1.807, 2.05) is 44.6 Å². The lowest BCUT2D eigenvalue weighted by atomic mass is 10.1. The Labute approximate surface area is 176 Å². The fourth-order valence-corrected chi connectivity index (χ4v) is 4.74. The molecule has 7 heteroatoms. The van der Waals surface area contributed by atoms with Gasteiger partial charge in [-0.3, -0.25) is 9.36 Å². The molecule has 1 aromatic heterocycles. The summed E-state index contributed by atoms with van der Waals surface area (Å²) in [4.78, 5) is 31.5. The molecule has 29 heavy (non-hydrogen) atoms. The molecule has 1 heterocycles. The molecule has 1 aliphatic carbocycles. The molecule has 0 saturated carbocycles. The summed E-state index contributed by atoms with van der Waals surface area (Å²) >= 11 is 1.37. The van der Waals surface area contributed by atoms with Crippen molar-refractivity contribution in [3.05, 3.63) is 51.1 Å². The third-order valence-corrected chi connectivity index (χ3v) is 6.05. The highest BCUT2D eigenvalue weighted by molar-refractivity contribution is 8.00. The lowest BCUT2D eigenvalue weighted by Crippen LogP contribution is -2.29. The highest BCUT2D eigenvalue weighted by Gasteiger charge is 2.22. The average Bonchev–Trinajstić information content (AvgIpc) is 3.10. The summed E-state index contributed by atoms with van der Waals surface area (Å²) in [6.45, 7) is 5.66. The minimum absolute atomic E-state index is 0.0799. The Morgan fingerprint density at radius 3 is 2.62 bits per heavy atom. The number of hydrogen-bond donors (Lipinski definition) is 1. The number of carbonyl (C=O) groups excluding carboxylic acids is 1. The van der Waals surface area contributed by atoms with Crippen molar-refractivity contribution in [3.8, 4) is 0 Å². The first kappa shape index (κ1) is 21.6. The van der Waals surface area contributed by atoms with Gasteiger partial charge in [0.15, 0.2) is 0 Å². The van der Waals surface area contributed by atoms with E-state index in [9.17, 15) is 9.59 Å². The van der Waals surface area contributed by atoms with Gasteiger partial charge in [0.1, 0.15) is 5.03 Å². The van der Waals surface area contributed by atoms with E-state index >= 15 is 0 Å². The molecule has 0 atom stereocenters. The number of thioether (sulfide) groups is 1. The zero-order valence-electron chi connectivity index (χ0n) is 17.7. The molecule has 0 radical (unpaired) electrons. The van der Waals surface area contributed by atoms with Gasteiger partial charge < -0.3 is 10.2 Å². The zero-order chi connectivity index (χ0) is 21.0. The van der Waals surface area contributed by atoms with Crippen LogP contribution in [-0.2, 0) is 24.2 Å². The van der Waals surface area contributed by atoms with E-state index in [-0.39, 0.29) is 17.3 Å². The van der Waals surface area contributed by atoms with Gasteiger partial charge in [-0.25, -0.2) is 4.79 Å². The summed E-state index contributed by atoms with van der Waals surface area (Å²) in [7, 11) is 4.07. The zero-order valence-corrected chi connectivity index (χ0v) is 18.6. The van der Waals surface area contributed by atoms with Gasteiger partial charge in [-0.2, -0.15) is 4.98 Å². The normalized spacial score (nSPS) is 13.0. The van der Waals surface area contributed by atoms with Crippen LogP contribution in [0.3, 0.4) is 0 Å². The number of aryl methyl sites for hydroxylation is 2. The molecule has 0 fully saturated rings. The standard InChI is InChI=1S/C22H30N4O2S/c1-15-11-16(2)13-17(12-15)23-20(27)14-29-21-18-7-5-8-19(18)26(22(28)24-21)10-6-9-25(3)4/h11-13H,5-10,14H2,1-4H3,(H,23,27). The number of fused-ring (bicyclic) bond motifs is 1. The third-order valence-electron chi connectivity index (χ3n) is 5.03. The Kier molecular flexibility index (Phi) is 7.14. The largest absolute Gasteiger partial charge is 0.348 e. The summed E-state index contributed by atoms with van der Waals surface area (Å²) in [5, 5.41) is 3.67. The van der Waals surface area contributed by atoms with Crippen molar-refractivity contribution in [2.75, 3.05) is 31.7 Å². The summed E-state index contributed by atoms with van der Waals surface area (Å²) in [6.07, 6.45) is 3.80. The van der Waals surface area contributed by atoms with Gasteiger partial charge in [0.25, 0.3) is 0 Å². The van der Waals surface area contributed by atoms with Crippen LogP contribution in [0.4, 0.5) is 5.69 Å². The van der Waals surface area contributed by atoms with Crippen LogP contribution in [0, 0.1) is 13.8 Å². The smallest absolute Gasteiger partial charge is 0.325 e. The van der Waals surface area contributed by atoms with Crippen molar-refractivity contribution < 1.29 is 4.79 Å². The van der Waals surface area contributed by atoms with Gasteiger partial charge >= 0.3 is 5.69 Å². The van der Waals surface area contributed by atoms with Crippen LogP contribution in [-0.4, -0.2) is 46.8 Å². The second kappa shape index (κ2) is 9.59. The van der Waals surface area contributed by atoms with Crippen LogP contribution in [0.1, 0.15) is 35.2 Å². The molecular weight excluding hydrogens is 384 g/mol. The summed E-state index contributed by atoms with van der Waals surface area (Å²) in [5.74, 6) is 0.167. The summed E-state index contributed by atoms with van der Waals surface area (Å²) < 4.78 is 1.84. The molecular formula is C22H30N4O2S. The number of nitrogens with zero attached hydrogens (tertiary/aromatic N) is 3. The van der Waals surface area contributed by atoms with Gasteiger partial charge in [-0.05, 0) is 83.4 Å². The molecule has 1 N–H and O–H groups in total. The Hall–Kier alpha value is -2.12. The Morgan fingerprint density at radius 1 is 1.21 bits per heavy atom. The van der Waals surface area contributed by atoms with Crippen molar-refractivity contribution in [3.63, 3.8) is 0 Å². The Morgan fingerprint density at radius 2 is 1.93 bits per heavy atom. The number of hydrogen-bond acceptors (Lipinski definition) is 5. The van der Waals surface area contributed by atoms with Crippen molar-refractivity contribution in [1.82, 2.24) is 14.5 Å². The molecule has 0 spiro atoms. The molecule has 1 amide bonds. The number of rotatable bonds is 8. The van der Waals surface area contributed by atoms with Gasteiger partial charge in [-0.1, -0.05) is 17.8 Å². The first-order valence-electron chi connectivity index (χ1n) is 10.1. The fraction of sp³-hybridized carbons (Fsp3) is 0.500. The number of anilines is 1. The summed E-state index contributed by atoms with van der Waals surface area (Å²) in [5.41, 5.74) is 5.11. The van der Waals surface area contributed by atoms with E-state index in [1.165, 1.54) is 11.8 Å². The van der Waals surface area contributed by atoms with Crippen molar-refractivity contribution in [2.45, 2.75) is 51.1 Å². The number of aromatic nitrogens is 2. The molecule has 0 bridgehead atoms. The minimum Gasteiger partial charge on any atom is -0.325 e. The summed E-state index contributed by atoms with van der Waals surface area (Å²) in [6, 6.07) is 5.99. The van der Waals surface area contributed by atoms with E-state index in [2.05, 4.69) is 21.3 Å². The lowest BCUT2D eigenvalue weighted by molar-refractivity contribution is -0.113. The van der Waals surface area contributed by atoms with Crippen LogP contribution in [0.2, 0.25) is 0 Å². The third kappa shape index (κ3) is 5.70. The van der Waals surface area contributed by atoms with E-state index in [1.54, 1.807) is 0 Å². The maximum absolute atomic E-state index is 12.6. The van der Waals surface area contributed by atoms with E-state index in [0.717, 1.165) is 65.3 Å². The highest BCUT2D eigenvalue weighted by Crippen LogP contribution is 2.29. The maximum atomic E-state index is 12.6. The van der Waals surface area contributed by atoms with E-state index in [4.69, 9.17) is 0 Å². The number of amides is 1. The van der Waals surface area contributed by atoms with Crippen molar-refractivity contribution in [2.24, 2.45) is 0 Å². The second-order valence-corrected chi connectivity index (χ2v) is 8.96. The van der Waals surface area contributed by atoms with Crippen LogP contribution < -0.4 is 11.0 Å². The van der Waals surface area contributed by atoms with Crippen LogP contribution in [0.5, 0.6) is 0 Å². The molecule has 0 saturated heterocycles. The van der Waals surface area contributed by atoms with Crippen LogP contribution in [0.15, 0.2) is 28.0 Å². The van der Waals surface area contributed by atoms with E-state index < -0.39 is 0 Å². The number of nitrogens with one attached hydrogen (secondary N) is 1. The van der Waals surface area contributed by atoms with Crippen LogP contribution >= 0.6 is 11.8 Å². The first-order chi connectivity index (χ1) is 13.8. The Bertz CT molecular complexity index is 932. The predicted octanol–water partition coefficient (Wildman–Crippen LogP) is 3.03. The number of carbonyl (C=O) groups is 1. The monoisotopic (exact) mass is 414 g/mol. The average molecular weight is 415 g/mol. The quantitative estimate of drug-likeness (QED) is 0.531. The topological polar surface area (TPSA) is 67.2 Å².